The molecule has 0 spiro atoms. The van der Waals surface area contributed by atoms with Gasteiger partial charge in [-0.2, -0.15) is 0 Å². The number of carbonyl (C=O) groups excluding carboxylic acids is 1. The van der Waals surface area contributed by atoms with E-state index >= 15 is 0 Å². The van der Waals surface area contributed by atoms with Gasteiger partial charge >= 0.3 is 0 Å². The number of hydrogen-bond donors (Lipinski definition) is 0. The monoisotopic (exact) mass is 293 g/mol. The first-order chi connectivity index (χ1) is 9.79. The fraction of sp³-hybridized carbons (Fsp3) is 0.588. The van der Waals surface area contributed by atoms with E-state index in [2.05, 4.69) is 0 Å². The van der Waals surface area contributed by atoms with E-state index in [1.807, 2.05) is 32.6 Å². The zero-order valence-corrected chi connectivity index (χ0v) is 13.2. The average molecular weight is 293 g/mol. The van der Waals surface area contributed by atoms with Crippen molar-refractivity contribution in [3.8, 4) is 0 Å². The highest BCUT2D eigenvalue weighted by atomic mass is 19.1. The van der Waals surface area contributed by atoms with E-state index in [1.165, 1.54) is 12.1 Å². The summed E-state index contributed by atoms with van der Waals surface area (Å²) in [7, 11) is 0. The van der Waals surface area contributed by atoms with E-state index in [-0.39, 0.29) is 29.3 Å². The summed E-state index contributed by atoms with van der Waals surface area (Å²) in [4.78, 5) is 14.5. The van der Waals surface area contributed by atoms with Gasteiger partial charge in [-0.05, 0) is 44.4 Å². The van der Waals surface area contributed by atoms with Crippen LogP contribution in [-0.2, 0) is 9.53 Å². The summed E-state index contributed by atoms with van der Waals surface area (Å²) in [5, 5.41) is 0. The van der Waals surface area contributed by atoms with Crippen LogP contribution < -0.4 is 0 Å². The highest BCUT2D eigenvalue weighted by molar-refractivity contribution is 5.78. The molecule has 2 atom stereocenters. The molecule has 0 aliphatic carbocycles. The zero-order valence-electron chi connectivity index (χ0n) is 13.2. The SMILES string of the molecule is CC1CN(C(=O)CC(C)c2ccc(F)cc2)C(C)(C)CO1. The first-order valence-electron chi connectivity index (χ1n) is 7.47. The molecule has 0 saturated carbocycles. The Kier molecular flexibility index (Phi) is 4.67. The Morgan fingerprint density at radius 1 is 1.43 bits per heavy atom. The molecule has 1 fully saturated rings. The van der Waals surface area contributed by atoms with E-state index in [9.17, 15) is 9.18 Å². The van der Waals surface area contributed by atoms with Gasteiger partial charge in [0.25, 0.3) is 0 Å². The highest BCUT2D eigenvalue weighted by Gasteiger charge is 2.36. The third-order valence-corrected chi connectivity index (χ3v) is 4.11. The number of ether oxygens (including phenoxy) is 1. The van der Waals surface area contributed by atoms with Crippen LogP contribution in [0.2, 0.25) is 0 Å². The van der Waals surface area contributed by atoms with E-state index in [0.29, 0.717) is 19.6 Å². The largest absolute Gasteiger partial charge is 0.374 e. The fourth-order valence-electron chi connectivity index (χ4n) is 2.70. The maximum Gasteiger partial charge on any atom is 0.223 e. The molecule has 2 rings (SSSR count). The summed E-state index contributed by atoms with van der Waals surface area (Å²) in [5.74, 6) is -0.0422. The first-order valence-corrected chi connectivity index (χ1v) is 7.47. The van der Waals surface area contributed by atoms with E-state index in [1.54, 1.807) is 12.1 Å². The molecule has 1 amide bonds. The lowest BCUT2D eigenvalue weighted by Gasteiger charge is -2.45. The van der Waals surface area contributed by atoms with Crippen molar-refractivity contribution in [3.05, 3.63) is 35.6 Å². The number of halogens is 1. The van der Waals surface area contributed by atoms with Crippen LogP contribution in [0.5, 0.6) is 0 Å². The third kappa shape index (κ3) is 3.82. The van der Waals surface area contributed by atoms with E-state index < -0.39 is 0 Å². The summed E-state index contributed by atoms with van der Waals surface area (Å²) < 4.78 is 18.6. The Labute approximate surface area is 126 Å². The Morgan fingerprint density at radius 2 is 2.05 bits per heavy atom. The summed E-state index contributed by atoms with van der Waals surface area (Å²) >= 11 is 0. The van der Waals surface area contributed by atoms with Crippen LogP contribution in [0.3, 0.4) is 0 Å². The maximum atomic E-state index is 13.0. The summed E-state index contributed by atoms with van der Waals surface area (Å²) in [6.45, 7) is 9.23. The van der Waals surface area contributed by atoms with Gasteiger partial charge in [0.05, 0.1) is 18.2 Å². The van der Waals surface area contributed by atoms with Crippen molar-refractivity contribution in [2.75, 3.05) is 13.2 Å². The summed E-state index contributed by atoms with van der Waals surface area (Å²) in [6, 6.07) is 6.38. The summed E-state index contributed by atoms with van der Waals surface area (Å²) in [6.07, 6.45) is 0.505. The van der Waals surface area contributed by atoms with Gasteiger partial charge in [0.2, 0.25) is 5.91 Å². The molecule has 0 bridgehead atoms. The molecule has 1 saturated heterocycles. The second-order valence-corrected chi connectivity index (χ2v) is 6.60. The third-order valence-electron chi connectivity index (χ3n) is 4.11. The number of benzene rings is 1. The van der Waals surface area contributed by atoms with Crippen LogP contribution in [0.1, 0.15) is 45.6 Å². The summed E-state index contributed by atoms with van der Waals surface area (Å²) in [5.41, 5.74) is 0.718. The molecule has 4 heteroatoms. The van der Waals surface area contributed by atoms with Crippen LogP contribution >= 0.6 is 0 Å². The standard InChI is InChI=1S/C17H24FNO2/c1-12(14-5-7-15(18)8-6-14)9-16(20)19-10-13(2)21-11-17(19,3)4/h5-8,12-13H,9-11H2,1-4H3. The predicted octanol–water partition coefficient (Wildman–Crippen LogP) is 3.35. The van der Waals surface area contributed by atoms with Gasteiger partial charge in [-0.25, -0.2) is 4.39 Å². The van der Waals surface area contributed by atoms with Crippen molar-refractivity contribution in [2.24, 2.45) is 0 Å². The van der Waals surface area contributed by atoms with Crippen molar-refractivity contribution in [1.29, 1.82) is 0 Å². The Balaban J connectivity index is 2.04. The average Bonchev–Trinajstić information content (AvgIpc) is 2.42. The molecular weight excluding hydrogens is 269 g/mol. The smallest absolute Gasteiger partial charge is 0.223 e. The lowest BCUT2D eigenvalue weighted by atomic mass is 9.94. The van der Waals surface area contributed by atoms with Crippen LogP contribution in [-0.4, -0.2) is 35.6 Å². The second-order valence-electron chi connectivity index (χ2n) is 6.60. The van der Waals surface area contributed by atoms with Gasteiger partial charge in [-0.15, -0.1) is 0 Å². The van der Waals surface area contributed by atoms with Crippen molar-refractivity contribution in [1.82, 2.24) is 4.90 Å². The lowest BCUT2D eigenvalue weighted by Crippen LogP contribution is -2.57. The van der Waals surface area contributed by atoms with Crippen LogP contribution in [0.4, 0.5) is 4.39 Å². The molecule has 21 heavy (non-hydrogen) atoms. The minimum atomic E-state index is -0.272. The van der Waals surface area contributed by atoms with Gasteiger partial charge < -0.3 is 9.64 Å². The molecule has 1 aliphatic heterocycles. The number of hydrogen-bond acceptors (Lipinski definition) is 2. The highest BCUT2D eigenvalue weighted by Crippen LogP contribution is 2.26. The minimum Gasteiger partial charge on any atom is -0.374 e. The quantitative estimate of drug-likeness (QED) is 0.855. The molecule has 0 aromatic heterocycles. The molecule has 3 nitrogen and oxygen atoms in total. The second kappa shape index (κ2) is 6.14. The van der Waals surface area contributed by atoms with E-state index in [4.69, 9.17) is 4.74 Å². The van der Waals surface area contributed by atoms with Gasteiger partial charge in [-0.3, -0.25) is 4.79 Å². The van der Waals surface area contributed by atoms with Gasteiger partial charge in [0.1, 0.15) is 5.82 Å². The molecule has 116 valence electrons. The number of carbonyl (C=O) groups is 1. The topological polar surface area (TPSA) is 29.5 Å². The maximum absolute atomic E-state index is 13.0. The van der Waals surface area contributed by atoms with Gasteiger partial charge in [0, 0.05) is 13.0 Å². The molecule has 0 N–H and O–H groups in total. The molecule has 1 aliphatic rings. The van der Waals surface area contributed by atoms with Crippen molar-refractivity contribution < 1.29 is 13.9 Å². The first kappa shape index (κ1) is 16.0. The van der Waals surface area contributed by atoms with Crippen LogP contribution in [0, 0.1) is 5.82 Å². The van der Waals surface area contributed by atoms with Crippen molar-refractivity contribution in [3.63, 3.8) is 0 Å². The van der Waals surface area contributed by atoms with Crippen LogP contribution in [0.25, 0.3) is 0 Å². The number of rotatable bonds is 3. The Hall–Kier alpha value is -1.42. The zero-order chi connectivity index (χ0) is 15.6. The molecule has 2 unspecified atom stereocenters. The molecule has 1 aromatic rings. The Bertz CT molecular complexity index is 498. The molecular formula is C17H24FNO2. The Morgan fingerprint density at radius 3 is 2.67 bits per heavy atom. The molecule has 1 aromatic carbocycles. The van der Waals surface area contributed by atoms with Crippen molar-refractivity contribution >= 4 is 5.91 Å². The predicted molar refractivity (Wildman–Crippen MR) is 80.6 cm³/mol. The lowest BCUT2D eigenvalue weighted by molar-refractivity contribution is -0.153. The minimum absolute atomic E-state index is 0.0723. The fourth-order valence-corrected chi connectivity index (χ4v) is 2.70. The molecule has 0 radical (unpaired) electrons. The van der Waals surface area contributed by atoms with Crippen molar-refractivity contribution in [2.45, 2.75) is 51.7 Å². The molecule has 1 heterocycles. The van der Waals surface area contributed by atoms with E-state index in [0.717, 1.165) is 5.56 Å². The number of nitrogens with zero attached hydrogens (tertiary/aromatic N) is 1. The van der Waals surface area contributed by atoms with Gasteiger partial charge in [0.15, 0.2) is 0 Å². The van der Waals surface area contributed by atoms with Crippen LogP contribution in [0.15, 0.2) is 24.3 Å². The van der Waals surface area contributed by atoms with Gasteiger partial charge in [-0.1, -0.05) is 19.1 Å². The number of amides is 1. The normalized spacial score (nSPS) is 22.9. The number of morpholine rings is 1.